The Bertz CT molecular complexity index is 915. The van der Waals surface area contributed by atoms with Crippen LogP contribution < -0.4 is 15.6 Å². The molecule has 27 heavy (non-hydrogen) atoms. The molecule has 0 spiro atoms. The molecular weight excluding hydrogens is 372 g/mol. The number of nitrogens with zero attached hydrogens (tertiary/aromatic N) is 6. The van der Waals surface area contributed by atoms with Gasteiger partial charge in [-0.3, -0.25) is 15.6 Å². The summed E-state index contributed by atoms with van der Waals surface area (Å²) >= 11 is 5.88. The number of nitrogens with one attached hydrogen (secondary N) is 2. The van der Waals surface area contributed by atoms with Gasteiger partial charge in [-0.2, -0.15) is 9.78 Å². The summed E-state index contributed by atoms with van der Waals surface area (Å²) in [6.07, 6.45) is 1.97. The van der Waals surface area contributed by atoms with Crippen molar-refractivity contribution in [2.24, 2.45) is 0 Å². The Balaban J connectivity index is 1.68. The van der Waals surface area contributed by atoms with Crippen molar-refractivity contribution in [1.29, 1.82) is 0 Å². The summed E-state index contributed by atoms with van der Waals surface area (Å²) in [4.78, 5) is 21.8. The number of hydrazine groups is 1. The van der Waals surface area contributed by atoms with Crippen LogP contribution in [0.1, 0.15) is 19.4 Å². The van der Waals surface area contributed by atoms with Crippen molar-refractivity contribution in [2.75, 3.05) is 12.5 Å². The summed E-state index contributed by atoms with van der Waals surface area (Å²) in [6, 6.07) is 7.98. The number of aromatic nitrogens is 6. The predicted molar refractivity (Wildman–Crippen MR) is 97.9 cm³/mol. The summed E-state index contributed by atoms with van der Waals surface area (Å²) in [5, 5.41) is 12.9. The van der Waals surface area contributed by atoms with Crippen molar-refractivity contribution in [3.63, 3.8) is 0 Å². The number of hydrogen-bond acceptors (Lipinski definition) is 8. The molecule has 2 N–H and O–H groups in total. The van der Waals surface area contributed by atoms with Crippen molar-refractivity contribution in [3.05, 3.63) is 41.6 Å². The molecule has 1 atom stereocenters. The number of carbonyl (C=O) groups excluding carboxylic acids is 1. The first kappa shape index (κ1) is 18.5. The van der Waals surface area contributed by atoms with Gasteiger partial charge in [-0.1, -0.05) is 18.5 Å². The van der Waals surface area contributed by atoms with E-state index in [0.717, 1.165) is 5.56 Å². The van der Waals surface area contributed by atoms with Crippen molar-refractivity contribution >= 4 is 23.5 Å². The molecule has 0 radical (unpaired) electrons. The van der Waals surface area contributed by atoms with E-state index in [-0.39, 0.29) is 11.9 Å². The van der Waals surface area contributed by atoms with Crippen LogP contribution in [-0.2, 0) is 4.79 Å². The van der Waals surface area contributed by atoms with Crippen molar-refractivity contribution < 1.29 is 9.53 Å². The number of methoxy groups -OCH3 is 1. The minimum Gasteiger partial charge on any atom is -0.481 e. The molecule has 3 rings (SSSR count). The van der Waals surface area contributed by atoms with E-state index in [1.54, 1.807) is 30.3 Å². The molecule has 2 aromatic heterocycles. The first-order valence-corrected chi connectivity index (χ1v) is 8.47. The third-order valence-electron chi connectivity index (χ3n) is 3.64. The lowest BCUT2D eigenvalue weighted by Gasteiger charge is -2.14. The summed E-state index contributed by atoms with van der Waals surface area (Å²) in [6.45, 7) is 1.84. The predicted octanol–water partition coefficient (Wildman–Crippen LogP) is 1.89. The molecule has 0 saturated heterocycles. The zero-order chi connectivity index (χ0) is 19.2. The summed E-state index contributed by atoms with van der Waals surface area (Å²) < 4.78 is 5.01. The standard InChI is InChI=1S/C16H17ClN8O2/c1-3-12(15(26)21-22-16-18-9-8-13(19-16)27-2)25-23-14(20-24-25)10-4-6-11(17)7-5-10/h4-9,12H,3H2,1-2H3,(H,21,26)(H,18,19,22). The highest BCUT2D eigenvalue weighted by Crippen LogP contribution is 2.18. The topological polar surface area (TPSA) is 120 Å². The fraction of sp³-hybridized carbons (Fsp3) is 0.250. The Kier molecular flexibility index (Phi) is 5.77. The molecule has 3 aromatic rings. The fourth-order valence-corrected chi connectivity index (χ4v) is 2.37. The van der Waals surface area contributed by atoms with Crippen LogP contribution in [0.15, 0.2) is 36.5 Å². The summed E-state index contributed by atoms with van der Waals surface area (Å²) in [5.74, 6) is 0.622. The Morgan fingerprint density at radius 2 is 2.07 bits per heavy atom. The van der Waals surface area contributed by atoms with Gasteiger partial charge in [0.2, 0.25) is 17.7 Å². The lowest BCUT2D eigenvalue weighted by Crippen LogP contribution is -2.37. The van der Waals surface area contributed by atoms with E-state index in [2.05, 4.69) is 36.2 Å². The van der Waals surface area contributed by atoms with Gasteiger partial charge in [0, 0.05) is 22.8 Å². The average Bonchev–Trinajstić information content (AvgIpc) is 3.17. The maximum Gasteiger partial charge on any atom is 0.265 e. The number of anilines is 1. The number of ether oxygens (including phenoxy) is 1. The van der Waals surface area contributed by atoms with Crippen molar-refractivity contribution in [3.8, 4) is 17.3 Å². The molecule has 1 amide bonds. The first-order chi connectivity index (χ1) is 13.1. The van der Waals surface area contributed by atoms with E-state index < -0.39 is 6.04 Å². The van der Waals surface area contributed by atoms with Gasteiger partial charge in [-0.25, -0.2) is 4.98 Å². The van der Waals surface area contributed by atoms with Crippen molar-refractivity contribution in [2.45, 2.75) is 19.4 Å². The molecule has 10 nitrogen and oxygen atoms in total. The molecule has 0 bridgehead atoms. The van der Waals surface area contributed by atoms with Gasteiger partial charge < -0.3 is 4.74 Å². The highest BCUT2D eigenvalue weighted by atomic mass is 35.5. The van der Waals surface area contributed by atoms with Gasteiger partial charge in [0.05, 0.1) is 7.11 Å². The lowest BCUT2D eigenvalue weighted by molar-refractivity contribution is -0.124. The molecule has 0 fully saturated rings. The van der Waals surface area contributed by atoms with Gasteiger partial charge in [-0.15, -0.1) is 10.2 Å². The summed E-state index contributed by atoms with van der Waals surface area (Å²) in [7, 11) is 1.49. The van der Waals surface area contributed by atoms with Crippen LogP contribution in [-0.4, -0.2) is 43.2 Å². The monoisotopic (exact) mass is 388 g/mol. The zero-order valence-corrected chi connectivity index (χ0v) is 15.4. The van der Waals surface area contributed by atoms with E-state index in [0.29, 0.717) is 23.1 Å². The first-order valence-electron chi connectivity index (χ1n) is 8.09. The molecule has 0 saturated carbocycles. The van der Waals surface area contributed by atoms with E-state index >= 15 is 0 Å². The largest absolute Gasteiger partial charge is 0.481 e. The number of hydrogen-bond donors (Lipinski definition) is 2. The highest BCUT2D eigenvalue weighted by molar-refractivity contribution is 6.30. The SMILES string of the molecule is CCC(C(=O)NNc1nccc(OC)n1)n1nnc(-c2ccc(Cl)cc2)n1. The normalized spacial score (nSPS) is 11.7. The van der Waals surface area contributed by atoms with Gasteiger partial charge >= 0.3 is 0 Å². The smallest absolute Gasteiger partial charge is 0.265 e. The number of rotatable bonds is 7. The molecule has 11 heteroatoms. The number of tetrazole rings is 1. The highest BCUT2D eigenvalue weighted by Gasteiger charge is 2.22. The van der Waals surface area contributed by atoms with Crippen LogP contribution >= 0.6 is 11.6 Å². The number of carbonyl (C=O) groups is 1. The third kappa shape index (κ3) is 4.47. The molecule has 0 aliphatic heterocycles. The zero-order valence-electron chi connectivity index (χ0n) is 14.6. The van der Waals surface area contributed by atoms with Crippen LogP contribution in [0.25, 0.3) is 11.4 Å². The van der Waals surface area contributed by atoms with E-state index in [4.69, 9.17) is 16.3 Å². The minimum atomic E-state index is -0.656. The molecule has 0 aliphatic rings. The van der Waals surface area contributed by atoms with Crippen LogP contribution in [0.4, 0.5) is 5.95 Å². The van der Waals surface area contributed by atoms with Crippen LogP contribution in [0.2, 0.25) is 5.02 Å². The quantitative estimate of drug-likeness (QED) is 0.589. The van der Waals surface area contributed by atoms with Crippen LogP contribution in [0.3, 0.4) is 0 Å². The van der Waals surface area contributed by atoms with Crippen LogP contribution in [0.5, 0.6) is 5.88 Å². The average molecular weight is 389 g/mol. The molecular formula is C16H17ClN8O2. The maximum atomic E-state index is 12.5. The Hall–Kier alpha value is -3.27. The number of amides is 1. The lowest BCUT2D eigenvalue weighted by atomic mass is 10.2. The third-order valence-corrected chi connectivity index (χ3v) is 3.89. The van der Waals surface area contributed by atoms with Gasteiger partial charge in [0.15, 0.2) is 6.04 Å². The van der Waals surface area contributed by atoms with Gasteiger partial charge in [0.1, 0.15) is 0 Å². The molecule has 1 aromatic carbocycles. The Labute approximate surface area is 159 Å². The molecule has 0 aliphatic carbocycles. The number of benzene rings is 1. The molecule has 140 valence electrons. The maximum absolute atomic E-state index is 12.5. The summed E-state index contributed by atoms with van der Waals surface area (Å²) in [5.41, 5.74) is 5.94. The second kappa shape index (κ2) is 8.41. The van der Waals surface area contributed by atoms with Gasteiger partial charge in [0.25, 0.3) is 5.91 Å². The molecule has 1 unspecified atom stereocenters. The van der Waals surface area contributed by atoms with Crippen molar-refractivity contribution in [1.82, 2.24) is 35.6 Å². The van der Waals surface area contributed by atoms with E-state index in [9.17, 15) is 4.79 Å². The van der Waals surface area contributed by atoms with Crippen LogP contribution in [0, 0.1) is 0 Å². The Morgan fingerprint density at radius 3 is 2.78 bits per heavy atom. The minimum absolute atomic E-state index is 0.200. The second-order valence-corrected chi connectivity index (χ2v) is 5.84. The second-order valence-electron chi connectivity index (χ2n) is 5.40. The van der Waals surface area contributed by atoms with Gasteiger partial charge in [-0.05, 0) is 35.9 Å². The van der Waals surface area contributed by atoms with E-state index in [1.165, 1.54) is 18.1 Å². The Morgan fingerprint density at radius 1 is 1.30 bits per heavy atom. The fourth-order valence-electron chi connectivity index (χ4n) is 2.24. The van der Waals surface area contributed by atoms with E-state index in [1.807, 2.05) is 6.92 Å². The molecule has 2 heterocycles. The number of halogens is 1.